The molecule has 0 saturated heterocycles. The SMILES string of the molecule is C=CCc1cccc(/C=C/C(C)=O)c1OC(=O)C(Cl)(Cl)Cl. The first-order valence-electron chi connectivity index (χ1n) is 5.96. The Morgan fingerprint density at radius 3 is 2.52 bits per heavy atom. The summed E-state index contributed by atoms with van der Waals surface area (Å²) in [6.07, 6.45) is 5.01. The van der Waals surface area contributed by atoms with Crippen molar-refractivity contribution in [2.75, 3.05) is 0 Å². The van der Waals surface area contributed by atoms with Crippen LogP contribution in [0.2, 0.25) is 0 Å². The smallest absolute Gasteiger partial charge is 0.363 e. The Kier molecular flexibility index (Phi) is 6.46. The van der Waals surface area contributed by atoms with Gasteiger partial charge >= 0.3 is 5.97 Å². The highest BCUT2D eigenvalue weighted by Gasteiger charge is 2.34. The predicted octanol–water partition coefficient (Wildman–Crippen LogP) is 4.29. The summed E-state index contributed by atoms with van der Waals surface area (Å²) < 4.78 is 3.00. The fourth-order valence-electron chi connectivity index (χ4n) is 1.53. The number of carbonyl (C=O) groups excluding carboxylic acids is 2. The van der Waals surface area contributed by atoms with E-state index in [2.05, 4.69) is 6.58 Å². The van der Waals surface area contributed by atoms with E-state index >= 15 is 0 Å². The van der Waals surface area contributed by atoms with Crippen LogP contribution in [0.1, 0.15) is 18.1 Å². The lowest BCUT2D eigenvalue weighted by atomic mass is 10.1. The van der Waals surface area contributed by atoms with Crippen molar-refractivity contribution >= 4 is 52.6 Å². The molecular weight excluding hydrogens is 335 g/mol. The molecule has 0 atom stereocenters. The molecule has 1 rings (SSSR count). The summed E-state index contributed by atoms with van der Waals surface area (Å²) in [6, 6.07) is 5.21. The van der Waals surface area contributed by atoms with Gasteiger partial charge < -0.3 is 4.74 Å². The monoisotopic (exact) mass is 346 g/mol. The van der Waals surface area contributed by atoms with Gasteiger partial charge in [0, 0.05) is 5.56 Å². The third-order valence-electron chi connectivity index (χ3n) is 2.42. The zero-order valence-electron chi connectivity index (χ0n) is 11.2. The molecule has 0 unspecified atom stereocenters. The second-order valence-corrected chi connectivity index (χ2v) is 6.44. The molecule has 112 valence electrons. The minimum Gasteiger partial charge on any atom is -0.422 e. The van der Waals surface area contributed by atoms with Crippen LogP contribution in [0.4, 0.5) is 0 Å². The van der Waals surface area contributed by atoms with Crippen molar-refractivity contribution < 1.29 is 14.3 Å². The van der Waals surface area contributed by atoms with E-state index < -0.39 is 9.76 Å². The number of ketones is 1. The van der Waals surface area contributed by atoms with Crippen molar-refractivity contribution in [2.24, 2.45) is 0 Å². The molecule has 1 aromatic rings. The highest BCUT2D eigenvalue weighted by atomic mass is 35.6. The molecule has 0 spiro atoms. The Hall–Kier alpha value is -1.29. The molecule has 1 aromatic carbocycles. The maximum atomic E-state index is 11.7. The van der Waals surface area contributed by atoms with Gasteiger partial charge in [-0.2, -0.15) is 0 Å². The van der Waals surface area contributed by atoms with Crippen LogP contribution in [0, 0.1) is 0 Å². The summed E-state index contributed by atoms with van der Waals surface area (Å²) in [6.45, 7) is 5.05. The Bertz CT molecular complexity index is 586. The molecule has 0 heterocycles. The van der Waals surface area contributed by atoms with Gasteiger partial charge in [-0.3, -0.25) is 4.79 Å². The predicted molar refractivity (Wildman–Crippen MR) is 86.0 cm³/mol. The van der Waals surface area contributed by atoms with Crippen LogP contribution < -0.4 is 4.74 Å². The van der Waals surface area contributed by atoms with Crippen LogP contribution >= 0.6 is 34.8 Å². The molecule has 0 bridgehead atoms. The van der Waals surface area contributed by atoms with Gasteiger partial charge in [0.1, 0.15) is 5.75 Å². The van der Waals surface area contributed by atoms with Gasteiger partial charge in [0.05, 0.1) is 0 Å². The standard InChI is InChI=1S/C15H13Cl3O3/c1-3-5-11-6-4-7-12(9-8-10(2)19)13(11)21-14(20)15(16,17)18/h3-4,6-9H,1,5H2,2H3/b9-8+. The summed E-state index contributed by atoms with van der Waals surface area (Å²) in [4.78, 5) is 22.8. The van der Waals surface area contributed by atoms with Crippen LogP contribution in [-0.2, 0) is 16.0 Å². The lowest BCUT2D eigenvalue weighted by molar-refractivity contribution is -0.133. The van der Waals surface area contributed by atoms with E-state index in [0.717, 1.165) is 0 Å². The molecule has 3 nitrogen and oxygen atoms in total. The fraction of sp³-hybridized carbons (Fsp3) is 0.200. The molecule has 0 aliphatic rings. The number of ether oxygens (including phenoxy) is 1. The maximum absolute atomic E-state index is 11.7. The topological polar surface area (TPSA) is 43.4 Å². The number of benzene rings is 1. The van der Waals surface area contributed by atoms with E-state index in [9.17, 15) is 9.59 Å². The molecule has 0 N–H and O–H groups in total. The summed E-state index contributed by atoms with van der Waals surface area (Å²) in [5.74, 6) is -0.907. The molecule has 0 aliphatic heterocycles. The minimum atomic E-state index is -2.18. The van der Waals surface area contributed by atoms with Crippen molar-refractivity contribution in [1.82, 2.24) is 0 Å². The fourth-order valence-corrected chi connectivity index (χ4v) is 1.65. The molecular formula is C15H13Cl3O3. The quantitative estimate of drug-likeness (QED) is 0.262. The lowest BCUT2D eigenvalue weighted by Gasteiger charge is -2.15. The molecule has 0 aliphatic carbocycles. The molecule has 0 aromatic heterocycles. The zero-order chi connectivity index (χ0) is 16.0. The van der Waals surface area contributed by atoms with Gasteiger partial charge in [-0.25, -0.2) is 4.79 Å². The van der Waals surface area contributed by atoms with Crippen molar-refractivity contribution in [1.29, 1.82) is 0 Å². The van der Waals surface area contributed by atoms with Crippen LogP contribution in [0.25, 0.3) is 6.08 Å². The highest BCUT2D eigenvalue weighted by Crippen LogP contribution is 2.32. The van der Waals surface area contributed by atoms with E-state index in [-0.39, 0.29) is 11.5 Å². The molecule has 6 heteroatoms. The van der Waals surface area contributed by atoms with Crippen molar-refractivity contribution in [3.63, 3.8) is 0 Å². The number of para-hydroxylation sites is 1. The first-order chi connectivity index (χ1) is 9.75. The Labute approximate surface area is 138 Å². The van der Waals surface area contributed by atoms with Crippen LogP contribution in [-0.4, -0.2) is 15.5 Å². The average molecular weight is 348 g/mol. The Morgan fingerprint density at radius 1 is 1.33 bits per heavy atom. The van der Waals surface area contributed by atoms with E-state index in [1.54, 1.807) is 24.3 Å². The molecule has 0 saturated carbocycles. The number of hydrogen-bond donors (Lipinski definition) is 0. The zero-order valence-corrected chi connectivity index (χ0v) is 13.5. The normalized spacial score (nSPS) is 11.4. The maximum Gasteiger partial charge on any atom is 0.363 e. The summed E-state index contributed by atoms with van der Waals surface area (Å²) >= 11 is 16.5. The first kappa shape index (κ1) is 17.8. The van der Waals surface area contributed by atoms with Crippen molar-refractivity contribution in [3.8, 4) is 5.75 Å². The van der Waals surface area contributed by atoms with Crippen LogP contribution in [0.3, 0.4) is 0 Å². The van der Waals surface area contributed by atoms with Gasteiger partial charge in [-0.1, -0.05) is 59.1 Å². The number of hydrogen-bond acceptors (Lipinski definition) is 3. The highest BCUT2D eigenvalue weighted by molar-refractivity contribution is 6.75. The van der Waals surface area contributed by atoms with Gasteiger partial charge in [-0.15, -0.1) is 6.58 Å². The van der Waals surface area contributed by atoms with Gasteiger partial charge in [0.15, 0.2) is 5.78 Å². The Balaban J connectivity index is 3.26. The van der Waals surface area contributed by atoms with Crippen molar-refractivity contribution in [2.45, 2.75) is 17.1 Å². The van der Waals surface area contributed by atoms with E-state index in [0.29, 0.717) is 17.5 Å². The largest absolute Gasteiger partial charge is 0.422 e. The number of allylic oxidation sites excluding steroid dienone is 2. The third-order valence-corrected chi connectivity index (χ3v) is 2.88. The average Bonchev–Trinajstić information content (AvgIpc) is 2.38. The van der Waals surface area contributed by atoms with E-state index in [1.807, 2.05) is 0 Å². The van der Waals surface area contributed by atoms with Crippen LogP contribution in [0.5, 0.6) is 5.75 Å². The van der Waals surface area contributed by atoms with Crippen molar-refractivity contribution in [3.05, 3.63) is 48.1 Å². The molecule has 0 radical (unpaired) electrons. The van der Waals surface area contributed by atoms with E-state index in [4.69, 9.17) is 39.5 Å². The summed E-state index contributed by atoms with van der Waals surface area (Å²) in [7, 11) is 0. The minimum absolute atomic E-state index is 0.136. The van der Waals surface area contributed by atoms with Crippen LogP contribution in [0.15, 0.2) is 36.9 Å². The second kappa shape index (κ2) is 7.64. The first-order valence-corrected chi connectivity index (χ1v) is 7.09. The second-order valence-electron chi connectivity index (χ2n) is 4.16. The number of rotatable bonds is 5. The number of carbonyl (C=O) groups is 2. The van der Waals surface area contributed by atoms with Gasteiger partial charge in [0.2, 0.25) is 0 Å². The third kappa shape index (κ3) is 5.54. The molecule has 0 fully saturated rings. The van der Waals surface area contributed by atoms with Gasteiger partial charge in [-0.05, 0) is 31.1 Å². The number of alkyl halides is 3. The lowest BCUT2D eigenvalue weighted by Crippen LogP contribution is -2.25. The summed E-state index contributed by atoms with van der Waals surface area (Å²) in [5, 5.41) is 0. The summed E-state index contributed by atoms with van der Waals surface area (Å²) in [5.41, 5.74) is 1.23. The van der Waals surface area contributed by atoms with E-state index in [1.165, 1.54) is 19.1 Å². The Morgan fingerprint density at radius 2 is 2.00 bits per heavy atom. The molecule has 21 heavy (non-hydrogen) atoms. The molecule has 0 amide bonds. The number of halogens is 3. The number of esters is 1. The van der Waals surface area contributed by atoms with Gasteiger partial charge in [0.25, 0.3) is 3.79 Å².